The van der Waals surface area contributed by atoms with Crippen molar-refractivity contribution in [3.8, 4) is 0 Å². The third-order valence-electron chi connectivity index (χ3n) is 4.55. The molecular formula is C17H23ClN4O2S. The number of hydrogen-bond acceptors (Lipinski definition) is 5. The van der Waals surface area contributed by atoms with Crippen LogP contribution < -0.4 is 10.2 Å². The number of hydrogen-bond donors (Lipinski definition) is 1. The molecule has 1 N–H and O–H groups in total. The van der Waals surface area contributed by atoms with Gasteiger partial charge in [0, 0.05) is 31.2 Å². The van der Waals surface area contributed by atoms with Gasteiger partial charge in [-0.05, 0) is 24.7 Å². The minimum absolute atomic E-state index is 0.0159. The number of thioether (sulfide) groups is 1. The number of amides is 2. The molecule has 2 amide bonds. The normalized spacial score (nSPS) is 18.7. The van der Waals surface area contributed by atoms with E-state index in [1.54, 1.807) is 11.0 Å². The van der Waals surface area contributed by atoms with E-state index in [1.807, 2.05) is 12.1 Å². The molecule has 0 unspecified atom stereocenters. The van der Waals surface area contributed by atoms with Crippen molar-refractivity contribution in [3.05, 3.63) is 23.2 Å². The van der Waals surface area contributed by atoms with Crippen molar-refractivity contribution < 1.29 is 9.59 Å². The molecule has 0 atom stereocenters. The van der Waals surface area contributed by atoms with E-state index in [1.165, 1.54) is 11.8 Å². The van der Waals surface area contributed by atoms with Gasteiger partial charge in [0.25, 0.3) is 0 Å². The lowest BCUT2D eigenvalue weighted by Crippen LogP contribution is -2.46. The Labute approximate surface area is 157 Å². The van der Waals surface area contributed by atoms with Gasteiger partial charge < -0.3 is 20.0 Å². The van der Waals surface area contributed by atoms with Crippen LogP contribution in [0.5, 0.6) is 0 Å². The van der Waals surface area contributed by atoms with Gasteiger partial charge in [-0.25, -0.2) is 0 Å². The quantitative estimate of drug-likeness (QED) is 0.843. The third kappa shape index (κ3) is 4.59. The molecule has 0 aliphatic carbocycles. The Morgan fingerprint density at radius 1 is 1.28 bits per heavy atom. The van der Waals surface area contributed by atoms with E-state index in [-0.39, 0.29) is 18.4 Å². The standard InChI is InChI=1S/C17H23ClN4O2S/c1-2-20-5-7-21(8-6-20)15-4-3-13(18)9-14(15)19-16(23)10-22-12-25-11-17(22)24/h3-4,9H,2,5-8,10-12H2,1H3,(H,19,23). The van der Waals surface area contributed by atoms with E-state index in [2.05, 4.69) is 22.0 Å². The molecule has 0 saturated carbocycles. The Morgan fingerprint density at radius 3 is 2.68 bits per heavy atom. The van der Waals surface area contributed by atoms with Crippen LogP contribution in [-0.4, -0.2) is 72.5 Å². The molecule has 0 bridgehead atoms. The Balaban J connectivity index is 1.69. The first-order chi connectivity index (χ1) is 12.1. The third-order valence-corrected chi connectivity index (χ3v) is 5.73. The molecule has 8 heteroatoms. The van der Waals surface area contributed by atoms with Crippen LogP contribution >= 0.6 is 23.4 Å². The molecule has 6 nitrogen and oxygen atoms in total. The predicted molar refractivity (Wildman–Crippen MR) is 103 cm³/mol. The van der Waals surface area contributed by atoms with Crippen LogP contribution in [-0.2, 0) is 9.59 Å². The van der Waals surface area contributed by atoms with Crippen molar-refractivity contribution in [2.75, 3.05) is 61.1 Å². The second-order valence-corrected chi connectivity index (χ2v) is 7.59. The summed E-state index contributed by atoms with van der Waals surface area (Å²) in [6.45, 7) is 7.15. The van der Waals surface area contributed by atoms with Crippen molar-refractivity contribution in [3.63, 3.8) is 0 Å². The van der Waals surface area contributed by atoms with Crippen LogP contribution in [0, 0.1) is 0 Å². The predicted octanol–water partition coefficient (Wildman–Crippen LogP) is 1.95. The number of likely N-dealkylation sites (N-methyl/N-ethyl adjacent to an activating group) is 1. The highest BCUT2D eigenvalue weighted by atomic mass is 35.5. The SMILES string of the molecule is CCN1CCN(c2ccc(Cl)cc2NC(=O)CN2CSCC2=O)CC1. The number of anilines is 2. The van der Waals surface area contributed by atoms with Gasteiger partial charge in [0.15, 0.2) is 0 Å². The topological polar surface area (TPSA) is 55.9 Å². The van der Waals surface area contributed by atoms with Gasteiger partial charge in [-0.2, -0.15) is 0 Å². The minimum atomic E-state index is -0.188. The number of nitrogens with one attached hydrogen (secondary N) is 1. The number of halogens is 1. The van der Waals surface area contributed by atoms with Crippen LogP contribution in [0.15, 0.2) is 18.2 Å². The second-order valence-electron chi connectivity index (χ2n) is 6.20. The number of piperazine rings is 1. The van der Waals surface area contributed by atoms with Gasteiger partial charge in [-0.15, -0.1) is 11.8 Å². The Hall–Kier alpha value is -1.44. The highest BCUT2D eigenvalue weighted by molar-refractivity contribution is 8.00. The first kappa shape index (κ1) is 18.4. The maximum Gasteiger partial charge on any atom is 0.244 e. The fraction of sp³-hybridized carbons (Fsp3) is 0.529. The number of nitrogens with zero attached hydrogens (tertiary/aromatic N) is 3. The summed E-state index contributed by atoms with van der Waals surface area (Å²) >= 11 is 7.66. The molecule has 25 heavy (non-hydrogen) atoms. The molecule has 2 aliphatic heterocycles. The maximum atomic E-state index is 12.4. The Kier molecular flexibility index (Phi) is 6.09. The van der Waals surface area contributed by atoms with Gasteiger partial charge in [0.05, 0.1) is 23.0 Å². The van der Waals surface area contributed by atoms with Crippen LogP contribution in [0.1, 0.15) is 6.92 Å². The average molecular weight is 383 g/mol. The van der Waals surface area contributed by atoms with Crippen LogP contribution in [0.3, 0.4) is 0 Å². The van der Waals surface area contributed by atoms with Gasteiger partial charge in [-0.3, -0.25) is 9.59 Å². The summed E-state index contributed by atoms with van der Waals surface area (Å²) in [5, 5.41) is 3.52. The summed E-state index contributed by atoms with van der Waals surface area (Å²) in [4.78, 5) is 30.3. The van der Waals surface area contributed by atoms with E-state index in [9.17, 15) is 9.59 Å². The maximum absolute atomic E-state index is 12.4. The van der Waals surface area contributed by atoms with Crippen LogP contribution in [0.2, 0.25) is 5.02 Å². The molecule has 2 saturated heterocycles. The van der Waals surface area contributed by atoms with E-state index < -0.39 is 0 Å². The fourth-order valence-corrected chi connectivity index (χ4v) is 4.17. The largest absolute Gasteiger partial charge is 0.367 e. The number of carbonyl (C=O) groups excluding carboxylic acids is 2. The molecule has 0 spiro atoms. The zero-order valence-corrected chi connectivity index (χ0v) is 15.9. The van der Waals surface area contributed by atoms with Gasteiger partial charge in [-0.1, -0.05) is 18.5 Å². The first-order valence-corrected chi connectivity index (χ1v) is 10.0. The zero-order valence-electron chi connectivity index (χ0n) is 14.3. The Bertz CT molecular complexity index is 650. The lowest BCUT2D eigenvalue weighted by molar-refractivity contribution is -0.130. The molecule has 0 radical (unpaired) electrons. The molecule has 2 fully saturated rings. The van der Waals surface area contributed by atoms with Gasteiger partial charge >= 0.3 is 0 Å². The molecule has 136 valence electrons. The summed E-state index contributed by atoms with van der Waals surface area (Å²) in [5.41, 5.74) is 1.69. The summed E-state index contributed by atoms with van der Waals surface area (Å²) in [6.07, 6.45) is 0. The summed E-state index contributed by atoms with van der Waals surface area (Å²) < 4.78 is 0. The van der Waals surface area contributed by atoms with Crippen LogP contribution in [0.25, 0.3) is 0 Å². The summed E-state index contributed by atoms with van der Waals surface area (Å²) in [7, 11) is 0. The lowest BCUT2D eigenvalue weighted by Gasteiger charge is -2.36. The molecule has 1 aromatic rings. The van der Waals surface area contributed by atoms with Crippen molar-refractivity contribution in [2.24, 2.45) is 0 Å². The fourth-order valence-electron chi connectivity index (χ4n) is 3.09. The monoisotopic (exact) mass is 382 g/mol. The smallest absolute Gasteiger partial charge is 0.244 e. The second kappa shape index (κ2) is 8.29. The molecule has 2 aliphatic rings. The summed E-state index contributed by atoms with van der Waals surface area (Å²) in [6, 6.07) is 5.58. The van der Waals surface area contributed by atoms with Gasteiger partial charge in [0.2, 0.25) is 11.8 Å². The first-order valence-electron chi connectivity index (χ1n) is 8.49. The molecule has 0 aromatic heterocycles. The van der Waals surface area contributed by atoms with Crippen molar-refractivity contribution in [1.82, 2.24) is 9.80 Å². The molecule has 2 heterocycles. The Morgan fingerprint density at radius 2 is 2.04 bits per heavy atom. The van der Waals surface area contributed by atoms with E-state index in [4.69, 9.17) is 11.6 Å². The van der Waals surface area contributed by atoms with E-state index in [0.717, 1.165) is 38.4 Å². The molecule has 3 rings (SSSR count). The van der Waals surface area contributed by atoms with E-state index in [0.29, 0.717) is 22.3 Å². The highest BCUT2D eigenvalue weighted by Crippen LogP contribution is 2.30. The van der Waals surface area contributed by atoms with Crippen molar-refractivity contribution >= 4 is 46.6 Å². The number of rotatable bonds is 5. The highest BCUT2D eigenvalue weighted by Gasteiger charge is 2.24. The van der Waals surface area contributed by atoms with Crippen molar-refractivity contribution in [2.45, 2.75) is 6.92 Å². The molecular weight excluding hydrogens is 360 g/mol. The lowest BCUT2D eigenvalue weighted by atomic mass is 10.2. The summed E-state index contributed by atoms with van der Waals surface area (Å²) in [5.74, 6) is 0.860. The minimum Gasteiger partial charge on any atom is -0.367 e. The van der Waals surface area contributed by atoms with Crippen molar-refractivity contribution in [1.29, 1.82) is 0 Å². The van der Waals surface area contributed by atoms with Crippen LogP contribution in [0.4, 0.5) is 11.4 Å². The number of benzene rings is 1. The number of carbonyl (C=O) groups is 2. The zero-order chi connectivity index (χ0) is 17.8. The van der Waals surface area contributed by atoms with E-state index >= 15 is 0 Å². The molecule has 1 aromatic carbocycles. The average Bonchev–Trinajstić information content (AvgIpc) is 3.00. The van der Waals surface area contributed by atoms with Gasteiger partial charge in [0.1, 0.15) is 6.54 Å².